The number of carbonyl (C=O) groups excluding carboxylic acids is 1. The number of aromatic nitrogens is 1. The largest absolute Gasteiger partial charge is 0.365 e. The van der Waals surface area contributed by atoms with E-state index < -0.39 is 4.92 Å². The highest BCUT2D eigenvalue weighted by Crippen LogP contribution is 2.17. The Morgan fingerprint density at radius 1 is 1.04 bits per heavy atom. The molecule has 2 aromatic rings. The second kappa shape index (κ2) is 7.45. The second-order valence-corrected chi connectivity index (χ2v) is 5.51. The molecule has 1 aromatic carbocycles. The van der Waals surface area contributed by atoms with Crippen LogP contribution in [0.2, 0.25) is 0 Å². The van der Waals surface area contributed by atoms with Gasteiger partial charge in [0.15, 0.2) is 0 Å². The molecule has 0 spiro atoms. The lowest BCUT2D eigenvalue weighted by atomic mass is 10.2. The molecule has 126 valence electrons. The van der Waals surface area contributed by atoms with E-state index in [0.29, 0.717) is 32.0 Å². The van der Waals surface area contributed by atoms with Crippen LogP contribution in [0.15, 0.2) is 48.5 Å². The summed E-state index contributed by atoms with van der Waals surface area (Å²) in [5.41, 5.74) is 0.801. The molecule has 0 N–H and O–H groups in total. The molecule has 0 radical (unpaired) electrons. The van der Waals surface area contributed by atoms with Gasteiger partial charge in [-0.2, -0.15) is 0 Å². The number of pyridine rings is 1. The number of nitro groups is 1. The van der Waals surface area contributed by atoms with E-state index in [1.54, 1.807) is 17.0 Å². The molecule has 2 heterocycles. The Hall–Kier alpha value is -3.40. The van der Waals surface area contributed by atoms with Gasteiger partial charge in [-0.1, -0.05) is 24.1 Å². The van der Waals surface area contributed by atoms with Crippen LogP contribution in [0.5, 0.6) is 0 Å². The number of carbonyl (C=O) groups is 1. The maximum absolute atomic E-state index is 12.2. The number of anilines is 1. The Morgan fingerprint density at radius 3 is 2.44 bits per heavy atom. The first-order valence-electron chi connectivity index (χ1n) is 7.86. The standard InChI is InChI=1S/C18H16N4O3/c23-18(10-9-15-5-2-1-3-6-15)21-13-11-20(12-14-21)16-7-4-8-17(19-16)22(24)25/h1-8H,11-14H2. The van der Waals surface area contributed by atoms with Crippen molar-refractivity contribution in [1.29, 1.82) is 0 Å². The quantitative estimate of drug-likeness (QED) is 0.474. The number of amides is 1. The van der Waals surface area contributed by atoms with E-state index in [1.165, 1.54) is 6.07 Å². The van der Waals surface area contributed by atoms with Crippen molar-refractivity contribution in [2.45, 2.75) is 0 Å². The van der Waals surface area contributed by atoms with Crippen LogP contribution in [0.25, 0.3) is 0 Å². The summed E-state index contributed by atoms with van der Waals surface area (Å²) in [6.07, 6.45) is 0. The van der Waals surface area contributed by atoms with Gasteiger partial charge in [0.25, 0.3) is 5.91 Å². The van der Waals surface area contributed by atoms with E-state index in [0.717, 1.165) is 5.56 Å². The van der Waals surface area contributed by atoms with Crippen molar-refractivity contribution in [3.05, 3.63) is 64.2 Å². The Balaban J connectivity index is 1.60. The fourth-order valence-electron chi connectivity index (χ4n) is 2.55. The number of piperazine rings is 1. The van der Waals surface area contributed by atoms with Crippen LogP contribution in [-0.2, 0) is 4.79 Å². The summed E-state index contributed by atoms with van der Waals surface area (Å²) in [5.74, 6) is 5.69. The molecule has 3 rings (SSSR count). The van der Waals surface area contributed by atoms with E-state index in [2.05, 4.69) is 16.8 Å². The maximum atomic E-state index is 12.2. The van der Waals surface area contributed by atoms with Gasteiger partial charge >= 0.3 is 5.82 Å². The van der Waals surface area contributed by atoms with Crippen molar-refractivity contribution >= 4 is 17.5 Å². The minimum atomic E-state index is -0.511. The molecule has 0 unspecified atom stereocenters. The molecular weight excluding hydrogens is 320 g/mol. The summed E-state index contributed by atoms with van der Waals surface area (Å²) in [4.78, 5) is 30.2. The highest BCUT2D eigenvalue weighted by molar-refractivity contribution is 5.94. The molecule has 1 amide bonds. The van der Waals surface area contributed by atoms with Crippen molar-refractivity contribution in [3.8, 4) is 11.8 Å². The van der Waals surface area contributed by atoms with Crippen LogP contribution in [-0.4, -0.2) is 46.9 Å². The number of benzene rings is 1. The van der Waals surface area contributed by atoms with E-state index >= 15 is 0 Å². The summed E-state index contributed by atoms with van der Waals surface area (Å²) in [5, 5.41) is 10.8. The summed E-state index contributed by atoms with van der Waals surface area (Å²) >= 11 is 0. The molecule has 7 heteroatoms. The number of hydrogen-bond acceptors (Lipinski definition) is 5. The molecule has 1 aliphatic heterocycles. The fraction of sp³-hybridized carbons (Fsp3) is 0.222. The monoisotopic (exact) mass is 336 g/mol. The van der Waals surface area contributed by atoms with Crippen LogP contribution in [0, 0.1) is 22.0 Å². The van der Waals surface area contributed by atoms with Gasteiger partial charge in [0.05, 0.1) is 0 Å². The molecule has 0 atom stereocenters. The molecule has 1 saturated heterocycles. The zero-order valence-electron chi connectivity index (χ0n) is 13.5. The number of rotatable bonds is 2. The first-order valence-corrected chi connectivity index (χ1v) is 7.86. The van der Waals surface area contributed by atoms with Crippen LogP contribution >= 0.6 is 0 Å². The fourth-order valence-corrected chi connectivity index (χ4v) is 2.55. The molecule has 1 fully saturated rings. The predicted molar refractivity (Wildman–Crippen MR) is 93.0 cm³/mol. The van der Waals surface area contributed by atoms with Crippen LogP contribution in [0.1, 0.15) is 5.56 Å². The highest BCUT2D eigenvalue weighted by atomic mass is 16.6. The first kappa shape index (κ1) is 16.5. The Morgan fingerprint density at radius 2 is 1.76 bits per heavy atom. The molecule has 0 aliphatic carbocycles. The summed E-state index contributed by atoms with van der Waals surface area (Å²) < 4.78 is 0. The van der Waals surface area contributed by atoms with Gasteiger partial charge in [-0.25, -0.2) is 0 Å². The van der Waals surface area contributed by atoms with Crippen LogP contribution in [0.3, 0.4) is 0 Å². The molecule has 0 saturated carbocycles. The minimum absolute atomic E-state index is 0.176. The number of hydrogen-bond donors (Lipinski definition) is 0. The van der Waals surface area contributed by atoms with Crippen molar-refractivity contribution in [1.82, 2.24) is 9.88 Å². The average Bonchev–Trinajstić information content (AvgIpc) is 2.67. The smallest absolute Gasteiger partial charge is 0.358 e. The lowest BCUT2D eigenvalue weighted by Crippen LogP contribution is -2.48. The van der Waals surface area contributed by atoms with Gasteiger partial charge < -0.3 is 19.9 Å². The van der Waals surface area contributed by atoms with Gasteiger partial charge in [0.1, 0.15) is 0 Å². The Kier molecular flexibility index (Phi) is 4.90. The lowest BCUT2D eigenvalue weighted by Gasteiger charge is -2.32. The summed E-state index contributed by atoms with van der Waals surface area (Å²) in [6.45, 7) is 2.14. The van der Waals surface area contributed by atoms with Gasteiger partial charge in [-0.05, 0) is 28.1 Å². The molecule has 25 heavy (non-hydrogen) atoms. The Bertz CT molecular complexity index is 834. The topological polar surface area (TPSA) is 79.6 Å². The third kappa shape index (κ3) is 4.12. The average molecular weight is 336 g/mol. The van der Waals surface area contributed by atoms with E-state index in [-0.39, 0.29) is 11.7 Å². The molecule has 0 bridgehead atoms. The second-order valence-electron chi connectivity index (χ2n) is 5.51. The summed E-state index contributed by atoms with van der Waals surface area (Å²) in [6, 6.07) is 14.1. The summed E-state index contributed by atoms with van der Waals surface area (Å²) in [7, 11) is 0. The van der Waals surface area contributed by atoms with Crippen molar-refractivity contribution in [3.63, 3.8) is 0 Å². The Labute approximate surface area is 145 Å². The van der Waals surface area contributed by atoms with Gasteiger partial charge in [0, 0.05) is 49.8 Å². The third-order valence-electron chi connectivity index (χ3n) is 3.89. The van der Waals surface area contributed by atoms with Crippen LogP contribution in [0.4, 0.5) is 11.6 Å². The predicted octanol–water partition coefficient (Wildman–Crippen LogP) is 1.69. The highest BCUT2D eigenvalue weighted by Gasteiger charge is 2.23. The number of nitrogens with zero attached hydrogens (tertiary/aromatic N) is 4. The van der Waals surface area contributed by atoms with E-state index in [9.17, 15) is 14.9 Å². The molecule has 7 nitrogen and oxygen atoms in total. The lowest BCUT2D eigenvalue weighted by molar-refractivity contribution is -0.389. The van der Waals surface area contributed by atoms with E-state index in [4.69, 9.17) is 0 Å². The van der Waals surface area contributed by atoms with E-state index in [1.807, 2.05) is 35.2 Å². The van der Waals surface area contributed by atoms with Crippen molar-refractivity contribution < 1.29 is 9.72 Å². The van der Waals surface area contributed by atoms with Gasteiger partial charge in [0.2, 0.25) is 5.82 Å². The molecule has 1 aliphatic rings. The van der Waals surface area contributed by atoms with Crippen molar-refractivity contribution in [2.75, 3.05) is 31.1 Å². The minimum Gasteiger partial charge on any atom is -0.358 e. The maximum Gasteiger partial charge on any atom is 0.365 e. The van der Waals surface area contributed by atoms with Crippen LogP contribution < -0.4 is 4.90 Å². The normalized spacial score (nSPS) is 13.8. The molecular formula is C18H16N4O3. The third-order valence-corrected chi connectivity index (χ3v) is 3.89. The SMILES string of the molecule is O=C(C#Cc1ccccc1)N1CCN(c2cccc([N+](=O)[O-])n2)CC1. The zero-order chi connectivity index (χ0) is 17.6. The first-order chi connectivity index (χ1) is 12.1. The van der Waals surface area contributed by atoms with Crippen molar-refractivity contribution in [2.24, 2.45) is 0 Å². The molecule has 1 aromatic heterocycles. The zero-order valence-corrected chi connectivity index (χ0v) is 13.5. The van der Waals surface area contributed by atoms with Gasteiger partial charge in [-0.15, -0.1) is 0 Å². The van der Waals surface area contributed by atoms with Gasteiger partial charge in [-0.3, -0.25) is 4.79 Å².